The number of ether oxygens (including phenoxy) is 1. The molecule has 4 nitrogen and oxygen atoms in total. The number of aryl methyl sites for hydroxylation is 1. The van der Waals surface area contributed by atoms with E-state index in [0.29, 0.717) is 0 Å². The topological polar surface area (TPSA) is 50.4 Å². The molecular weight excluding hydrogens is 368 g/mol. The second-order valence-corrected chi connectivity index (χ2v) is 6.68. The normalized spacial score (nSPS) is 13.0. The zero-order chi connectivity index (χ0) is 17.7. The molecule has 0 bridgehead atoms. The molecule has 0 radical (unpaired) electrons. The Morgan fingerprint density at radius 3 is 2.29 bits per heavy atom. The van der Waals surface area contributed by atoms with Crippen molar-refractivity contribution in [2.75, 3.05) is 7.11 Å². The highest BCUT2D eigenvalue weighted by Crippen LogP contribution is 2.26. The molecule has 0 aliphatic carbocycles. The summed E-state index contributed by atoms with van der Waals surface area (Å²) in [6.45, 7) is 5.92. The van der Waals surface area contributed by atoms with Crippen molar-refractivity contribution in [2.45, 2.75) is 32.9 Å². The standard InChI is InChI=1S/C19H23BrN2O2/c1-12-9-10-18(24-4)16(11-12)14(3)22-19(23)21-13(2)15-7-5-6-8-17(15)20/h5-11,13-14H,1-4H3,(H2,21,22,23). The van der Waals surface area contributed by atoms with Crippen LogP contribution < -0.4 is 15.4 Å². The first-order chi connectivity index (χ1) is 11.4. The molecule has 2 amide bonds. The lowest BCUT2D eigenvalue weighted by atomic mass is 10.0. The molecule has 2 atom stereocenters. The number of carbonyl (C=O) groups excluding carboxylic acids is 1. The van der Waals surface area contributed by atoms with Crippen LogP contribution in [0.4, 0.5) is 4.79 Å². The van der Waals surface area contributed by atoms with Crippen LogP contribution in [0.25, 0.3) is 0 Å². The first-order valence-corrected chi connectivity index (χ1v) is 8.67. The lowest BCUT2D eigenvalue weighted by Crippen LogP contribution is -2.38. The minimum Gasteiger partial charge on any atom is -0.496 e. The maximum atomic E-state index is 12.3. The summed E-state index contributed by atoms with van der Waals surface area (Å²) in [5.41, 5.74) is 3.12. The SMILES string of the molecule is COc1ccc(C)cc1C(C)NC(=O)NC(C)c1ccccc1Br. The zero-order valence-electron chi connectivity index (χ0n) is 14.4. The molecule has 2 aromatic carbocycles. The van der Waals surface area contributed by atoms with E-state index in [9.17, 15) is 4.79 Å². The van der Waals surface area contributed by atoms with Crippen LogP contribution in [-0.2, 0) is 0 Å². The van der Waals surface area contributed by atoms with Gasteiger partial charge in [-0.05, 0) is 38.5 Å². The third-order valence-corrected chi connectivity index (χ3v) is 4.64. The number of hydrogen-bond acceptors (Lipinski definition) is 2. The first kappa shape index (κ1) is 18.3. The van der Waals surface area contributed by atoms with Crippen molar-refractivity contribution in [1.82, 2.24) is 10.6 Å². The fourth-order valence-electron chi connectivity index (χ4n) is 2.61. The minimum absolute atomic E-state index is 0.104. The van der Waals surface area contributed by atoms with Gasteiger partial charge in [0.1, 0.15) is 5.75 Å². The minimum atomic E-state index is -0.214. The van der Waals surface area contributed by atoms with Gasteiger partial charge in [0.15, 0.2) is 0 Å². The van der Waals surface area contributed by atoms with E-state index in [1.54, 1.807) is 7.11 Å². The van der Waals surface area contributed by atoms with Crippen LogP contribution in [0.5, 0.6) is 5.75 Å². The van der Waals surface area contributed by atoms with Gasteiger partial charge in [-0.15, -0.1) is 0 Å². The molecule has 0 spiro atoms. The molecule has 0 aromatic heterocycles. The van der Waals surface area contributed by atoms with Gasteiger partial charge in [-0.25, -0.2) is 4.79 Å². The van der Waals surface area contributed by atoms with Gasteiger partial charge in [-0.2, -0.15) is 0 Å². The Balaban J connectivity index is 2.04. The number of halogens is 1. The van der Waals surface area contributed by atoms with Crippen LogP contribution in [0, 0.1) is 6.92 Å². The predicted molar refractivity (Wildman–Crippen MR) is 100 cm³/mol. The van der Waals surface area contributed by atoms with E-state index < -0.39 is 0 Å². The van der Waals surface area contributed by atoms with Crippen LogP contribution in [0.3, 0.4) is 0 Å². The molecule has 2 unspecified atom stereocenters. The summed E-state index contributed by atoms with van der Waals surface area (Å²) in [5.74, 6) is 0.771. The summed E-state index contributed by atoms with van der Waals surface area (Å²) in [6.07, 6.45) is 0. The van der Waals surface area contributed by atoms with Crippen LogP contribution in [-0.4, -0.2) is 13.1 Å². The molecule has 2 aromatic rings. The van der Waals surface area contributed by atoms with Gasteiger partial charge in [-0.3, -0.25) is 0 Å². The molecule has 2 rings (SSSR count). The summed E-state index contributed by atoms with van der Waals surface area (Å²) in [5, 5.41) is 5.94. The maximum absolute atomic E-state index is 12.3. The van der Waals surface area contributed by atoms with E-state index in [0.717, 1.165) is 26.9 Å². The number of methoxy groups -OCH3 is 1. The Kier molecular flexibility index (Phi) is 6.26. The molecular formula is C19H23BrN2O2. The van der Waals surface area contributed by atoms with Gasteiger partial charge in [0.25, 0.3) is 0 Å². The Morgan fingerprint density at radius 1 is 1.04 bits per heavy atom. The number of benzene rings is 2. The van der Waals surface area contributed by atoms with Crippen molar-refractivity contribution >= 4 is 22.0 Å². The van der Waals surface area contributed by atoms with Crippen molar-refractivity contribution in [3.05, 3.63) is 63.6 Å². The summed E-state index contributed by atoms with van der Waals surface area (Å²) in [7, 11) is 1.63. The monoisotopic (exact) mass is 390 g/mol. The Bertz CT molecular complexity index is 718. The van der Waals surface area contributed by atoms with Crippen LogP contribution >= 0.6 is 15.9 Å². The molecule has 24 heavy (non-hydrogen) atoms. The summed E-state index contributed by atoms with van der Waals surface area (Å²) >= 11 is 3.51. The number of nitrogens with one attached hydrogen (secondary N) is 2. The van der Waals surface area contributed by atoms with E-state index in [2.05, 4.69) is 26.6 Å². The fourth-order valence-corrected chi connectivity index (χ4v) is 3.24. The molecule has 0 saturated heterocycles. The summed E-state index contributed by atoms with van der Waals surface area (Å²) < 4.78 is 6.37. The van der Waals surface area contributed by atoms with E-state index in [4.69, 9.17) is 4.74 Å². The highest BCUT2D eigenvalue weighted by Gasteiger charge is 2.17. The highest BCUT2D eigenvalue weighted by atomic mass is 79.9. The predicted octanol–water partition coefficient (Wildman–Crippen LogP) is 4.89. The van der Waals surface area contributed by atoms with Crippen molar-refractivity contribution in [1.29, 1.82) is 0 Å². The number of hydrogen-bond donors (Lipinski definition) is 2. The summed E-state index contributed by atoms with van der Waals surface area (Å²) in [6, 6.07) is 13.3. The average Bonchev–Trinajstić information content (AvgIpc) is 2.54. The molecule has 2 N–H and O–H groups in total. The fraction of sp³-hybridized carbons (Fsp3) is 0.316. The van der Waals surface area contributed by atoms with Gasteiger partial charge in [0.05, 0.1) is 19.2 Å². The smallest absolute Gasteiger partial charge is 0.315 e. The van der Waals surface area contributed by atoms with Crippen LogP contribution in [0.1, 0.15) is 42.6 Å². The quantitative estimate of drug-likeness (QED) is 0.763. The molecule has 0 saturated carbocycles. The van der Waals surface area contributed by atoms with Crippen LogP contribution in [0.15, 0.2) is 46.9 Å². The number of urea groups is 1. The lowest BCUT2D eigenvalue weighted by molar-refractivity contribution is 0.234. The highest BCUT2D eigenvalue weighted by molar-refractivity contribution is 9.10. The van der Waals surface area contributed by atoms with E-state index >= 15 is 0 Å². The number of rotatable bonds is 5. The Morgan fingerprint density at radius 2 is 1.67 bits per heavy atom. The van der Waals surface area contributed by atoms with E-state index in [-0.39, 0.29) is 18.1 Å². The maximum Gasteiger partial charge on any atom is 0.315 e. The molecule has 0 fully saturated rings. The zero-order valence-corrected chi connectivity index (χ0v) is 16.0. The van der Waals surface area contributed by atoms with Gasteiger partial charge >= 0.3 is 6.03 Å². The number of amides is 2. The Labute approximate surface area is 151 Å². The molecule has 0 aliphatic rings. The summed E-state index contributed by atoms with van der Waals surface area (Å²) in [4.78, 5) is 12.3. The lowest BCUT2D eigenvalue weighted by Gasteiger charge is -2.21. The average molecular weight is 391 g/mol. The van der Waals surface area contributed by atoms with Crippen molar-refractivity contribution in [2.24, 2.45) is 0 Å². The number of carbonyl (C=O) groups is 1. The van der Waals surface area contributed by atoms with E-state index in [1.165, 1.54) is 0 Å². The second-order valence-electron chi connectivity index (χ2n) is 5.83. The van der Waals surface area contributed by atoms with Crippen LogP contribution in [0.2, 0.25) is 0 Å². The van der Waals surface area contributed by atoms with Crippen molar-refractivity contribution in [3.63, 3.8) is 0 Å². The first-order valence-electron chi connectivity index (χ1n) is 7.88. The van der Waals surface area contributed by atoms with Crippen molar-refractivity contribution < 1.29 is 9.53 Å². The van der Waals surface area contributed by atoms with Gasteiger partial charge in [0.2, 0.25) is 0 Å². The molecule has 0 heterocycles. The van der Waals surface area contributed by atoms with Gasteiger partial charge in [-0.1, -0.05) is 51.8 Å². The second kappa shape index (κ2) is 8.20. The van der Waals surface area contributed by atoms with Crippen molar-refractivity contribution in [3.8, 4) is 5.75 Å². The van der Waals surface area contributed by atoms with Gasteiger partial charge in [0, 0.05) is 10.0 Å². The van der Waals surface area contributed by atoms with Gasteiger partial charge < -0.3 is 15.4 Å². The largest absolute Gasteiger partial charge is 0.496 e. The third kappa shape index (κ3) is 4.51. The molecule has 5 heteroatoms. The molecule has 128 valence electrons. The third-order valence-electron chi connectivity index (χ3n) is 3.92. The Hall–Kier alpha value is -2.01. The van der Waals surface area contributed by atoms with E-state index in [1.807, 2.05) is 63.2 Å². The molecule has 0 aliphatic heterocycles.